The lowest BCUT2D eigenvalue weighted by molar-refractivity contribution is 0.0931. The van der Waals surface area contributed by atoms with E-state index in [-0.39, 0.29) is 11.9 Å². The fraction of sp³-hybridized carbons (Fsp3) is 0.333. The van der Waals surface area contributed by atoms with Crippen LogP contribution in [0.15, 0.2) is 31.1 Å². The van der Waals surface area contributed by atoms with Crippen LogP contribution in [0.2, 0.25) is 0 Å². The summed E-state index contributed by atoms with van der Waals surface area (Å²) in [5, 5.41) is 2.86. The zero-order chi connectivity index (χ0) is 13.0. The van der Waals surface area contributed by atoms with Crippen molar-refractivity contribution in [2.45, 2.75) is 26.4 Å². The number of carbonyl (C=O) groups is 1. The molecule has 0 aliphatic carbocycles. The molecule has 18 heavy (non-hydrogen) atoms. The molecule has 94 valence electrons. The Morgan fingerprint density at radius 1 is 1.44 bits per heavy atom. The molecule has 0 unspecified atom stereocenters. The number of nitrogens with zero attached hydrogens (tertiary/aromatic N) is 4. The number of rotatable bonds is 4. The number of hydrogen-bond donors (Lipinski definition) is 1. The number of imidazole rings is 1. The summed E-state index contributed by atoms with van der Waals surface area (Å²) in [5.41, 5.74) is 1.12. The van der Waals surface area contributed by atoms with Crippen molar-refractivity contribution in [1.29, 1.82) is 0 Å². The molecular weight excluding hydrogens is 230 g/mol. The van der Waals surface area contributed by atoms with Gasteiger partial charge in [0.05, 0.1) is 18.2 Å². The lowest BCUT2D eigenvalue weighted by Crippen LogP contribution is -2.36. The Morgan fingerprint density at radius 3 is 2.89 bits per heavy atom. The van der Waals surface area contributed by atoms with E-state index in [9.17, 15) is 4.79 Å². The minimum Gasteiger partial charge on any atom is -0.346 e. The zero-order valence-corrected chi connectivity index (χ0v) is 10.4. The maximum absolute atomic E-state index is 11.9. The van der Waals surface area contributed by atoms with Crippen molar-refractivity contribution < 1.29 is 4.79 Å². The molecule has 2 heterocycles. The molecule has 0 bridgehead atoms. The molecule has 0 aromatic carbocycles. The van der Waals surface area contributed by atoms with Crippen molar-refractivity contribution in [3.05, 3.63) is 42.5 Å². The maximum Gasteiger partial charge on any atom is 0.271 e. The van der Waals surface area contributed by atoms with Crippen LogP contribution in [0.3, 0.4) is 0 Å². The van der Waals surface area contributed by atoms with E-state index in [0.29, 0.717) is 12.2 Å². The molecule has 1 amide bonds. The fourth-order valence-electron chi connectivity index (χ4n) is 1.56. The van der Waals surface area contributed by atoms with Gasteiger partial charge in [-0.1, -0.05) is 0 Å². The highest BCUT2D eigenvalue weighted by Crippen LogP contribution is 1.97. The highest BCUT2D eigenvalue weighted by atomic mass is 16.1. The van der Waals surface area contributed by atoms with Crippen LogP contribution in [0, 0.1) is 6.92 Å². The Kier molecular flexibility index (Phi) is 3.66. The van der Waals surface area contributed by atoms with Crippen LogP contribution in [0.25, 0.3) is 0 Å². The van der Waals surface area contributed by atoms with E-state index < -0.39 is 0 Å². The summed E-state index contributed by atoms with van der Waals surface area (Å²) >= 11 is 0. The largest absolute Gasteiger partial charge is 0.346 e. The molecule has 6 nitrogen and oxygen atoms in total. The Labute approximate surface area is 105 Å². The molecule has 1 atom stereocenters. The Hall–Kier alpha value is -2.24. The minimum atomic E-state index is -0.213. The van der Waals surface area contributed by atoms with Gasteiger partial charge in [-0.05, 0) is 13.8 Å². The van der Waals surface area contributed by atoms with Gasteiger partial charge in [0, 0.05) is 31.2 Å². The highest BCUT2D eigenvalue weighted by Gasteiger charge is 2.11. The van der Waals surface area contributed by atoms with Gasteiger partial charge < -0.3 is 9.88 Å². The number of hydrogen-bond acceptors (Lipinski definition) is 4. The average molecular weight is 245 g/mol. The van der Waals surface area contributed by atoms with Gasteiger partial charge in [-0.15, -0.1) is 0 Å². The zero-order valence-electron chi connectivity index (χ0n) is 10.4. The summed E-state index contributed by atoms with van der Waals surface area (Å²) in [5.74, 6) is -0.213. The Morgan fingerprint density at radius 2 is 2.28 bits per heavy atom. The topological polar surface area (TPSA) is 72.7 Å². The molecule has 2 aromatic rings. The van der Waals surface area contributed by atoms with E-state index >= 15 is 0 Å². The molecule has 6 heteroatoms. The summed E-state index contributed by atoms with van der Waals surface area (Å²) in [6.07, 6.45) is 8.34. The second kappa shape index (κ2) is 5.39. The first kappa shape index (κ1) is 12.2. The predicted molar refractivity (Wildman–Crippen MR) is 65.9 cm³/mol. The molecule has 2 aromatic heterocycles. The van der Waals surface area contributed by atoms with Crippen LogP contribution < -0.4 is 5.32 Å². The second-order valence-corrected chi connectivity index (χ2v) is 4.18. The molecule has 0 aliphatic heterocycles. The van der Waals surface area contributed by atoms with Gasteiger partial charge in [-0.2, -0.15) is 0 Å². The third kappa shape index (κ3) is 3.13. The standard InChI is InChI=1S/C12H15N5O/c1-9-5-15-11(6-14-9)12(18)16-10(2)7-17-4-3-13-8-17/h3-6,8,10H,7H2,1-2H3,(H,16,18)/t10-/m0/s1. The number of aromatic nitrogens is 4. The first-order valence-corrected chi connectivity index (χ1v) is 5.70. The first-order valence-electron chi connectivity index (χ1n) is 5.70. The maximum atomic E-state index is 11.9. The molecule has 2 rings (SSSR count). The molecule has 0 saturated heterocycles. The molecule has 0 radical (unpaired) electrons. The molecule has 0 spiro atoms. The van der Waals surface area contributed by atoms with Gasteiger partial charge in [0.25, 0.3) is 5.91 Å². The van der Waals surface area contributed by atoms with E-state index in [1.165, 1.54) is 6.20 Å². The van der Waals surface area contributed by atoms with Crippen molar-refractivity contribution in [3.63, 3.8) is 0 Å². The Bertz CT molecular complexity index is 506. The quantitative estimate of drug-likeness (QED) is 0.864. The summed E-state index contributed by atoms with van der Waals surface area (Å²) in [6.45, 7) is 4.43. The van der Waals surface area contributed by atoms with Crippen molar-refractivity contribution in [3.8, 4) is 0 Å². The smallest absolute Gasteiger partial charge is 0.271 e. The van der Waals surface area contributed by atoms with Crippen molar-refractivity contribution in [1.82, 2.24) is 24.8 Å². The van der Waals surface area contributed by atoms with Gasteiger partial charge >= 0.3 is 0 Å². The first-order chi connectivity index (χ1) is 8.65. The molecule has 0 fully saturated rings. The van der Waals surface area contributed by atoms with Crippen LogP contribution in [0.4, 0.5) is 0 Å². The van der Waals surface area contributed by atoms with E-state index in [2.05, 4.69) is 20.3 Å². The third-order valence-electron chi connectivity index (χ3n) is 2.43. The van der Waals surface area contributed by atoms with Gasteiger partial charge in [0.2, 0.25) is 0 Å². The summed E-state index contributed by atoms with van der Waals surface area (Å²) < 4.78 is 1.91. The predicted octanol–water partition coefficient (Wildman–Crippen LogP) is 0.800. The number of carbonyl (C=O) groups excluding carboxylic acids is 1. The van der Waals surface area contributed by atoms with E-state index in [0.717, 1.165) is 5.69 Å². The minimum absolute atomic E-state index is 0.00481. The van der Waals surface area contributed by atoms with E-state index in [1.807, 2.05) is 24.6 Å². The van der Waals surface area contributed by atoms with E-state index in [4.69, 9.17) is 0 Å². The summed E-state index contributed by atoms with van der Waals surface area (Å²) in [4.78, 5) is 23.9. The van der Waals surface area contributed by atoms with Crippen LogP contribution in [0.5, 0.6) is 0 Å². The summed E-state index contributed by atoms with van der Waals surface area (Å²) in [6, 6.07) is -0.00481. The van der Waals surface area contributed by atoms with Gasteiger partial charge in [-0.3, -0.25) is 9.78 Å². The van der Waals surface area contributed by atoms with Gasteiger partial charge in [-0.25, -0.2) is 9.97 Å². The van der Waals surface area contributed by atoms with Gasteiger partial charge in [0.1, 0.15) is 5.69 Å². The van der Waals surface area contributed by atoms with Gasteiger partial charge in [0.15, 0.2) is 0 Å². The van der Waals surface area contributed by atoms with Crippen molar-refractivity contribution in [2.24, 2.45) is 0 Å². The van der Waals surface area contributed by atoms with Crippen molar-refractivity contribution in [2.75, 3.05) is 0 Å². The number of amides is 1. The monoisotopic (exact) mass is 245 g/mol. The van der Waals surface area contributed by atoms with Crippen LogP contribution in [0.1, 0.15) is 23.1 Å². The average Bonchev–Trinajstić information content (AvgIpc) is 2.82. The molecule has 0 aliphatic rings. The van der Waals surface area contributed by atoms with E-state index in [1.54, 1.807) is 18.7 Å². The van der Waals surface area contributed by atoms with Crippen LogP contribution >= 0.6 is 0 Å². The summed E-state index contributed by atoms with van der Waals surface area (Å²) in [7, 11) is 0. The molecular formula is C12H15N5O. The third-order valence-corrected chi connectivity index (χ3v) is 2.43. The Balaban J connectivity index is 1.92. The SMILES string of the molecule is Cc1cnc(C(=O)N[C@@H](C)Cn2ccnc2)cn1. The second-order valence-electron chi connectivity index (χ2n) is 4.18. The lowest BCUT2D eigenvalue weighted by atomic mass is 10.3. The molecule has 1 N–H and O–H groups in total. The lowest BCUT2D eigenvalue weighted by Gasteiger charge is -2.13. The molecule has 0 saturated carbocycles. The van der Waals surface area contributed by atoms with Crippen LogP contribution in [-0.2, 0) is 6.54 Å². The fourth-order valence-corrected chi connectivity index (χ4v) is 1.56. The normalized spacial score (nSPS) is 12.1. The van der Waals surface area contributed by atoms with Crippen molar-refractivity contribution >= 4 is 5.91 Å². The highest BCUT2D eigenvalue weighted by molar-refractivity contribution is 5.92. The number of aryl methyl sites for hydroxylation is 1. The van der Waals surface area contributed by atoms with Crippen LogP contribution in [-0.4, -0.2) is 31.5 Å². The number of nitrogens with one attached hydrogen (secondary N) is 1.